The Morgan fingerprint density at radius 1 is 0.938 bits per heavy atom. The average Bonchev–Trinajstić information content (AvgIpc) is 2.31. The Bertz CT molecular complexity index is 465. The Labute approximate surface area is 95.9 Å². The third-order valence-corrected chi connectivity index (χ3v) is 2.47. The minimum Gasteiger partial charge on any atom is -0.494 e. The van der Waals surface area contributed by atoms with Crippen molar-refractivity contribution in [3.63, 3.8) is 0 Å². The van der Waals surface area contributed by atoms with Crippen LogP contribution in [-0.4, -0.2) is 7.11 Å². The van der Waals surface area contributed by atoms with Gasteiger partial charge in [0.05, 0.1) is 12.8 Å². The van der Waals surface area contributed by atoms with Crippen LogP contribution in [0.3, 0.4) is 0 Å². The largest absolute Gasteiger partial charge is 0.494 e. The van der Waals surface area contributed by atoms with E-state index in [0.29, 0.717) is 0 Å². The zero-order valence-corrected chi connectivity index (χ0v) is 9.53. The van der Waals surface area contributed by atoms with E-state index >= 15 is 0 Å². The molecule has 0 fully saturated rings. The highest BCUT2D eigenvalue weighted by molar-refractivity contribution is 5.67. The summed E-state index contributed by atoms with van der Waals surface area (Å²) >= 11 is 0. The first-order chi connectivity index (χ1) is 7.81. The Morgan fingerprint density at radius 2 is 1.69 bits per heavy atom. The van der Waals surface area contributed by atoms with Crippen molar-refractivity contribution in [3.05, 3.63) is 54.1 Å². The summed E-state index contributed by atoms with van der Waals surface area (Å²) in [6, 6.07) is 16.1. The Morgan fingerprint density at radius 3 is 2.38 bits per heavy atom. The van der Waals surface area contributed by atoms with Gasteiger partial charge in [0.1, 0.15) is 5.75 Å². The number of ether oxygens (including phenoxy) is 1. The van der Waals surface area contributed by atoms with Crippen molar-refractivity contribution in [1.29, 1.82) is 0 Å². The Kier molecular flexibility index (Phi) is 3.10. The number of rotatable bonds is 3. The van der Waals surface area contributed by atoms with Crippen LogP contribution in [0.5, 0.6) is 5.75 Å². The van der Waals surface area contributed by atoms with Crippen molar-refractivity contribution in [2.75, 3.05) is 12.4 Å². The van der Waals surface area contributed by atoms with Crippen molar-refractivity contribution < 1.29 is 4.74 Å². The van der Waals surface area contributed by atoms with Crippen LogP contribution < -0.4 is 10.1 Å². The minimum atomic E-state index is 0.895. The van der Waals surface area contributed by atoms with Gasteiger partial charge in [0.15, 0.2) is 0 Å². The van der Waals surface area contributed by atoms with Gasteiger partial charge in [0.25, 0.3) is 0 Å². The summed E-state index contributed by atoms with van der Waals surface area (Å²) < 4.78 is 5.39. The number of benzene rings is 2. The molecule has 2 rings (SSSR count). The molecule has 0 bridgehead atoms. The highest BCUT2D eigenvalue weighted by atomic mass is 16.5. The summed E-state index contributed by atoms with van der Waals surface area (Å²) in [6.45, 7) is 2.04. The fraction of sp³-hybridized carbons (Fsp3) is 0.143. The maximum atomic E-state index is 5.39. The van der Waals surface area contributed by atoms with Crippen molar-refractivity contribution in [2.45, 2.75) is 6.92 Å². The van der Waals surface area contributed by atoms with Crippen LogP contribution in [0.25, 0.3) is 0 Å². The molecule has 0 aromatic heterocycles. The van der Waals surface area contributed by atoms with Gasteiger partial charge in [-0.1, -0.05) is 30.3 Å². The highest BCUT2D eigenvalue weighted by Gasteiger charge is 2.04. The predicted octanol–water partition coefficient (Wildman–Crippen LogP) is 3.75. The van der Waals surface area contributed by atoms with E-state index in [4.69, 9.17) is 4.74 Å². The molecule has 1 N–H and O–H groups in total. The molecule has 2 aromatic carbocycles. The smallest absolute Gasteiger partial charge is 0.145 e. The van der Waals surface area contributed by atoms with Gasteiger partial charge >= 0.3 is 0 Å². The summed E-state index contributed by atoms with van der Waals surface area (Å²) in [7, 11) is 1.69. The lowest BCUT2D eigenvalue weighted by molar-refractivity contribution is 0.414. The topological polar surface area (TPSA) is 21.3 Å². The van der Waals surface area contributed by atoms with Crippen molar-refractivity contribution >= 4 is 11.4 Å². The van der Waals surface area contributed by atoms with Crippen molar-refractivity contribution in [3.8, 4) is 5.75 Å². The quantitative estimate of drug-likeness (QED) is 0.838. The van der Waals surface area contributed by atoms with Crippen LogP contribution >= 0.6 is 0 Å². The molecule has 0 aliphatic carbocycles. The SMILES string of the molecule is COc1c(C)cccc1Nc1ccccc1. The van der Waals surface area contributed by atoms with Gasteiger partial charge in [-0.2, -0.15) is 0 Å². The zero-order chi connectivity index (χ0) is 11.4. The van der Waals surface area contributed by atoms with E-state index in [1.54, 1.807) is 7.11 Å². The molecule has 2 nitrogen and oxygen atoms in total. The molecule has 2 heteroatoms. The number of anilines is 2. The molecule has 0 amide bonds. The first-order valence-corrected chi connectivity index (χ1v) is 5.27. The normalized spacial score (nSPS) is 9.88. The van der Waals surface area contributed by atoms with Crippen molar-refractivity contribution in [1.82, 2.24) is 0 Å². The maximum Gasteiger partial charge on any atom is 0.145 e. The second-order valence-corrected chi connectivity index (χ2v) is 3.65. The molecule has 0 radical (unpaired) electrons. The van der Waals surface area contributed by atoms with Crippen LogP contribution in [0, 0.1) is 6.92 Å². The molecule has 0 atom stereocenters. The highest BCUT2D eigenvalue weighted by Crippen LogP contribution is 2.30. The fourth-order valence-corrected chi connectivity index (χ4v) is 1.70. The Hall–Kier alpha value is -1.96. The number of aryl methyl sites for hydroxylation is 1. The van der Waals surface area contributed by atoms with E-state index in [0.717, 1.165) is 22.7 Å². The monoisotopic (exact) mass is 213 g/mol. The molecular weight excluding hydrogens is 198 g/mol. The van der Waals surface area contributed by atoms with Gasteiger partial charge in [0, 0.05) is 5.69 Å². The summed E-state index contributed by atoms with van der Waals surface area (Å²) in [6.07, 6.45) is 0. The molecule has 82 valence electrons. The second-order valence-electron chi connectivity index (χ2n) is 3.65. The first-order valence-electron chi connectivity index (χ1n) is 5.27. The zero-order valence-electron chi connectivity index (χ0n) is 9.53. The van der Waals surface area contributed by atoms with Gasteiger partial charge in [-0.15, -0.1) is 0 Å². The molecule has 2 aromatic rings. The summed E-state index contributed by atoms with van der Waals surface area (Å²) in [5.41, 5.74) is 3.18. The van der Waals surface area contributed by atoms with Gasteiger partial charge < -0.3 is 10.1 Å². The van der Waals surface area contributed by atoms with E-state index in [2.05, 4.69) is 5.32 Å². The molecule has 16 heavy (non-hydrogen) atoms. The van der Waals surface area contributed by atoms with E-state index < -0.39 is 0 Å². The number of hydrogen-bond donors (Lipinski definition) is 1. The average molecular weight is 213 g/mol. The van der Waals surface area contributed by atoms with E-state index in [1.165, 1.54) is 0 Å². The molecule has 0 saturated heterocycles. The summed E-state index contributed by atoms with van der Waals surface area (Å²) in [5.74, 6) is 0.895. The van der Waals surface area contributed by atoms with Crippen LogP contribution in [0.15, 0.2) is 48.5 Å². The third-order valence-electron chi connectivity index (χ3n) is 2.47. The second kappa shape index (κ2) is 4.71. The molecule has 0 aliphatic rings. The van der Waals surface area contributed by atoms with Crippen molar-refractivity contribution in [2.24, 2.45) is 0 Å². The number of para-hydroxylation sites is 2. The van der Waals surface area contributed by atoms with Crippen LogP contribution in [-0.2, 0) is 0 Å². The van der Waals surface area contributed by atoms with Gasteiger partial charge in [-0.3, -0.25) is 0 Å². The fourth-order valence-electron chi connectivity index (χ4n) is 1.70. The standard InChI is InChI=1S/C14H15NO/c1-11-7-6-10-13(14(11)16-2)15-12-8-4-3-5-9-12/h3-10,15H,1-2H3. The number of methoxy groups -OCH3 is 1. The molecular formula is C14H15NO. The lowest BCUT2D eigenvalue weighted by Gasteiger charge is -2.12. The molecule has 0 aliphatic heterocycles. The lowest BCUT2D eigenvalue weighted by Crippen LogP contribution is -1.95. The van der Waals surface area contributed by atoms with Gasteiger partial charge in [0.2, 0.25) is 0 Å². The summed E-state index contributed by atoms with van der Waals surface area (Å²) in [5, 5.41) is 3.34. The van der Waals surface area contributed by atoms with Gasteiger partial charge in [-0.05, 0) is 30.7 Å². The van der Waals surface area contributed by atoms with E-state index in [1.807, 2.05) is 55.5 Å². The third kappa shape index (κ3) is 2.16. The molecule has 0 saturated carbocycles. The molecule has 0 heterocycles. The lowest BCUT2D eigenvalue weighted by atomic mass is 10.2. The van der Waals surface area contributed by atoms with Crippen LogP contribution in [0.4, 0.5) is 11.4 Å². The van der Waals surface area contributed by atoms with E-state index in [-0.39, 0.29) is 0 Å². The Balaban J connectivity index is 2.31. The number of hydrogen-bond acceptors (Lipinski definition) is 2. The van der Waals surface area contributed by atoms with Crippen LogP contribution in [0.2, 0.25) is 0 Å². The van der Waals surface area contributed by atoms with Gasteiger partial charge in [-0.25, -0.2) is 0 Å². The molecule has 0 unspecified atom stereocenters. The summed E-state index contributed by atoms with van der Waals surface area (Å²) in [4.78, 5) is 0. The minimum absolute atomic E-state index is 0.895. The molecule has 0 spiro atoms. The maximum absolute atomic E-state index is 5.39. The van der Waals surface area contributed by atoms with E-state index in [9.17, 15) is 0 Å². The number of nitrogens with one attached hydrogen (secondary N) is 1. The van der Waals surface area contributed by atoms with Crippen LogP contribution in [0.1, 0.15) is 5.56 Å². The predicted molar refractivity (Wildman–Crippen MR) is 67.5 cm³/mol. The first kappa shape index (κ1) is 10.6.